The predicted molar refractivity (Wildman–Crippen MR) is 128 cm³/mol. The standard InChI is InChI=1S/C27H32N2O5/c1-4-27(3,25(32)29-15-9-14-18(17(29)2)24(30)31)28-26(33)34-16-23-21-12-7-5-10-19(21)20-11-6-8-13-22(20)23/h5-8,10-13,17-18,23H,4,9,14-16H2,1-3H3,(H,28,33)(H,30,31). The highest BCUT2D eigenvalue weighted by Gasteiger charge is 2.43. The molecule has 2 aromatic rings. The van der Waals surface area contributed by atoms with Crippen molar-refractivity contribution in [3.05, 3.63) is 59.7 Å². The molecule has 2 aromatic carbocycles. The Hall–Kier alpha value is -3.35. The molecule has 180 valence electrons. The fraction of sp³-hybridized carbons (Fsp3) is 0.444. The predicted octanol–water partition coefficient (Wildman–Crippen LogP) is 4.41. The monoisotopic (exact) mass is 464 g/mol. The number of piperidine rings is 1. The van der Waals surface area contributed by atoms with Crippen molar-refractivity contribution in [2.75, 3.05) is 13.2 Å². The lowest BCUT2D eigenvalue weighted by molar-refractivity contribution is -0.151. The largest absolute Gasteiger partial charge is 0.481 e. The van der Waals surface area contributed by atoms with Crippen molar-refractivity contribution in [2.24, 2.45) is 5.92 Å². The minimum Gasteiger partial charge on any atom is -0.481 e. The van der Waals surface area contributed by atoms with E-state index in [1.54, 1.807) is 18.7 Å². The van der Waals surface area contributed by atoms with Crippen molar-refractivity contribution in [1.82, 2.24) is 10.2 Å². The van der Waals surface area contributed by atoms with Gasteiger partial charge in [0, 0.05) is 18.5 Å². The van der Waals surface area contributed by atoms with Gasteiger partial charge in [-0.1, -0.05) is 55.5 Å². The van der Waals surface area contributed by atoms with Gasteiger partial charge < -0.3 is 20.1 Å². The van der Waals surface area contributed by atoms with Gasteiger partial charge in [-0.2, -0.15) is 0 Å². The second-order valence-electron chi connectivity index (χ2n) is 9.46. The van der Waals surface area contributed by atoms with Crippen LogP contribution in [-0.2, 0) is 14.3 Å². The van der Waals surface area contributed by atoms with Crippen LogP contribution in [-0.4, -0.2) is 52.7 Å². The number of hydrogen-bond donors (Lipinski definition) is 2. The van der Waals surface area contributed by atoms with Gasteiger partial charge in [-0.3, -0.25) is 9.59 Å². The van der Waals surface area contributed by atoms with Gasteiger partial charge in [0.15, 0.2) is 0 Å². The first-order valence-electron chi connectivity index (χ1n) is 11.9. The van der Waals surface area contributed by atoms with E-state index in [1.165, 1.54) is 0 Å². The van der Waals surface area contributed by atoms with Gasteiger partial charge in [0.05, 0.1) is 5.92 Å². The van der Waals surface area contributed by atoms with Crippen LogP contribution < -0.4 is 5.32 Å². The summed E-state index contributed by atoms with van der Waals surface area (Å²) in [6, 6.07) is 15.8. The summed E-state index contributed by atoms with van der Waals surface area (Å²) in [5, 5.41) is 12.3. The number of benzene rings is 2. The fourth-order valence-corrected chi connectivity index (χ4v) is 5.23. The Balaban J connectivity index is 1.45. The van der Waals surface area contributed by atoms with Gasteiger partial charge in [-0.15, -0.1) is 0 Å². The Bertz CT molecular complexity index is 1050. The first kappa shape index (κ1) is 23.8. The maximum Gasteiger partial charge on any atom is 0.408 e. The molecule has 3 unspecified atom stereocenters. The van der Waals surface area contributed by atoms with Crippen molar-refractivity contribution in [2.45, 2.75) is 57.5 Å². The lowest BCUT2D eigenvalue weighted by Crippen LogP contribution is -2.61. The van der Waals surface area contributed by atoms with Crippen molar-refractivity contribution >= 4 is 18.0 Å². The summed E-state index contributed by atoms with van der Waals surface area (Å²) in [5.41, 5.74) is 3.35. The molecule has 7 nitrogen and oxygen atoms in total. The minimum absolute atomic E-state index is 0.0693. The smallest absolute Gasteiger partial charge is 0.408 e. The van der Waals surface area contributed by atoms with E-state index >= 15 is 0 Å². The summed E-state index contributed by atoms with van der Waals surface area (Å²) in [7, 11) is 0. The first-order chi connectivity index (χ1) is 16.3. The van der Waals surface area contributed by atoms with Crippen molar-refractivity contribution in [1.29, 1.82) is 0 Å². The number of nitrogens with one attached hydrogen (secondary N) is 1. The normalized spacial score (nSPS) is 21.2. The van der Waals surface area contributed by atoms with Crippen molar-refractivity contribution < 1.29 is 24.2 Å². The summed E-state index contributed by atoms with van der Waals surface area (Å²) in [4.78, 5) is 39.4. The molecule has 2 amide bonds. The molecule has 1 saturated heterocycles. The zero-order valence-electron chi connectivity index (χ0n) is 19.9. The molecule has 2 N–H and O–H groups in total. The van der Waals surface area contributed by atoms with Gasteiger partial charge >= 0.3 is 12.1 Å². The van der Waals surface area contributed by atoms with Gasteiger partial charge in [0.25, 0.3) is 0 Å². The first-order valence-corrected chi connectivity index (χ1v) is 11.9. The highest BCUT2D eigenvalue weighted by Crippen LogP contribution is 2.44. The van der Waals surface area contributed by atoms with E-state index in [1.807, 2.05) is 31.2 Å². The Labute approximate surface area is 200 Å². The highest BCUT2D eigenvalue weighted by molar-refractivity contribution is 5.90. The van der Waals surface area contributed by atoms with E-state index in [-0.39, 0.29) is 18.4 Å². The quantitative estimate of drug-likeness (QED) is 0.660. The van der Waals surface area contributed by atoms with E-state index < -0.39 is 29.6 Å². The average Bonchev–Trinajstić information content (AvgIpc) is 3.16. The van der Waals surface area contributed by atoms with Crippen LogP contribution in [0.3, 0.4) is 0 Å². The molecule has 0 aromatic heterocycles. The number of alkyl carbamates (subject to hydrolysis) is 1. The molecule has 1 aliphatic heterocycles. The number of aliphatic carboxylic acids is 1. The number of carbonyl (C=O) groups excluding carboxylic acids is 2. The maximum absolute atomic E-state index is 13.4. The van der Waals surface area contributed by atoms with Crippen LogP contribution in [0.2, 0.25) is 0 Å². The highest BCUT2D eigenvalue weighted by atomic mass is 16.5. The summed E-state index contributed by atoms with van der Waals surface area (Å²) >= 11 is 0. The van der Waals surface area contributed by atoms with E-state index in [4.69, 9.17) is 4.74 Å². The van der Waals surface area contributed by atoms with E-state index in [0.717, 1.165) is 22.3 Å². The molecule has 7 heteroatoms. The van der Waals surface area contributed by atoms with E-state index in [2.05, 4.69) is 29.6 Å². The second kappa shape index (κ2) is 9.49. The molecule has 1 aliphatic carbocycles. The number of amides is 2. The summed E-state index contributed by atoms with van der Waals surface area (Å²) in [6.07, 6.45) is 0.872. The van der Waals surface area contributed by atoms with Crippen LogP contribution in [0, 0.1) is 5.92 Å². The van der Waals surface area contributed by atoms with Crippen LogP contribution in [0.5, 0.6) is 0 Å². The van der Waals surface area contributed by atoms with Crippen LogP contribution in [0.1, 0.15) is 57.1 Å². The molecular weight excluding hydrogens is 432 g/mol. The lowest BCUT2D eigenvalue weighted by atomic mass is 9.87. The molecule has 0 spiro atoms. The third-order valence-corrected chi connectivity index (χ3v) is 7.47. The number of nitrogens with zero attached hydrogens (tertiary/aromatic N) is 1. The summed E-state index contributed by atoms with van der Waals surface area (Å²) in [6.45, 7) is 5.90. The zero-order valence-corrected chi connectivity index (χ0v) is 19.9. The van der Waals surface area contributed by atoms with E-state index in [0.29, 0.717) is 25.8 Å². The van der Waals surface area contributed by atoms with Crippen molar-refractivity contribution in [3.8, 4) is 11.1 Å². The van der Waals surface area contributed by atoms with Gasteiger partial charge in [0.1, 0.15) is 12.1 Å². The fourth-order valence-electron chi connectivity index (χ4n) is 5.23. The second-order valence-corrected chi connectivity index (χ2v) is 9.46. The molecular formula is C27H32N2O5. The van der Waals surface area contributed by atoms with Gasteiger partial charge in [-0.25, -0.2) is 4.79 Å². The SMILES string of the molecule is CCC(C)(NC(=O)OCC1c2ccccc2-c2ccccc21)C(=O)N1CCCC(C(=O)O)C1C. The number of rotatable bonds is 6. The molecule has 3 atom stereocenters. The molecule has 1 heterocycles. The van der Waals surface area contributed by atoms with Crippen LogP contribution in [0.4, 0.5) is 4.79 Å². The summed E-state index contributed by atoms with van der Waals surface area (Å²) in [5.74, 6) is -1.84. The van der Waals surface area contributed by atoms with Crippen LogP contribution in [0.15, 0.2) is 48.5 Å². The Morgan fingerprint density at radius 3 is 2.24 bits per heavy atom. The topological polar surface area (TPSA) is 95.9 Å². The molecule has 0 bridgehead atoms. The molecule has 1 fully saturated rings. The van der Waals surface area contributed by atoms with E-state index in [9.17, 15) is 19.5 Å². The number of carboxylic acid groups (broad SMARTS) is 1. The molecule has 2 aliphatic rings. The number of carboxylic acids is 1. The Kier molecular flexibility index (Phi) is 6.64. The zero-order chi connectivity index (χ0) is 24.5. The number of carbonyl (C=O) groups is 3. The Morgan fingerprint density at radius 1 is 1.09 bits per heavy atom. The molecule has 0 radical (unpaired) electrons. The minimum atomic E-state index is -1.18. The van der Waals surface area contributed by atoms with Crippen LogP contribution in [0.25, 0.3) is 11.1 Å². The third kappa shape index (κ3) is 4.27. The maximum atomic E-state index is 13.4. The third-order valence-electron chi connectivity index (χ3n) is 7.47. The summed E-state index contributed by atoms with van der Waals surface area (Å²) < 4.78 is 5.65. The van der Waals surface area contributed by atoms with Gasteiger partial charge in [-0.05, 0) is 55.4 Å². The molecule has 4 rings (SSSR count). The lowest BCUT2D eigenvalue weighted by Gasteiger charge is -2.42. The Morgan fingerprint density at radius 2 is 1.68 bits per heavy atom. The average molecular weight is 465 g/mol. The number of likely N-dealkylation sites (tertiary alicyclic amines) is 1. The molecule has 0 saturated carbocycles. The number of ether oxygens (including phenoxy) is 1. The van der Waals surface area contributed by atoms with Crippen LogP contribution >= 0.6 is 0 Å². The molecule has 34 heavy (non-hydrogen) atoms. The number of fused-ring (bicyclic) bond motifs is 3. The van der Waals surface area contributed by atoms with Gasteiger partial charge in [0.2, 0.25) is 5.91 Å². The van der Waals surface area contributed by atoms with Crippen molar-refractivity contribution in [3.63, 3.8) is 0 Å². The number of hydrogen-bond acceptors (Lipinski definition) is 4.